The first-order valence-corrected chi connectivity index (χ1v) is 10.9. The normalized spacial score (nSPS) is 18.1. The van der Waals surface area contributed by atoms with Gasteiger partial charge in [0.1, 0.15) is 34.8 Å². The number of alkyl halides is 3. The number of hydrogen-bond acceptors (Lipinski definition) is 5. The van der Waals surface area contributed by atoms with E-state index in [0.717, 1.165) is 0 Å². The van der Waals surface area contributed by atoms with Gasteiger partial charge in [-0.1, -0.05) is 0 Å². The lowest BCUT2D eigenvalue weighted by Gasteiger charge is -2.35. The second-order valence-electron chi connectivity index (χ2n) is 9.46. The third-order valence-electron chi connectivity index (χ3n) is 5.62. The largest absolute Gasteiger partial charge is 0.496 e. The van der Waals surface area contributed by atoms with Crippen molar-refractivity contribution < 1.29 is 41.4 Å². The maximum absolute atomic E-state index is 14.3. The van der Waals surface area contributed by atoms with E-state index < -0.39 is 35.4 Å². The number of aryl methyl sites for hydroxylation is 1. The van der Waals surface area contributed by atoms with E-state index >= 15 is 0 Å². The Morgan fingerprint density at radius 3 is 2.50 bits per heavy atom. The van der Waals surface area contributed by atoms with E-state index in [-0.39, 0.29) is 35.3 Å². The molecule has 1 unspecified atom stereocenters. The summed E-state index contributed by atoms with van der Waals surface area (Å²) >= 11 is 0. The van der Waals surface area contributed by atoms with Crippen LogP contribution in [0.1, 0.15) is 56.6 Å². The highest BCUT2D eigenvalue weighted by Crippen LogP contribution is 2.42. The monoisotopic (exact) mass is 487 g/mol. The molecular formula is C24H29F4NO5. The van der Waals surface area contributed by atoms with E-state index in [1.807, 2.05) is 0 Å². The number of nitrogens with zero attached hydrogens (tertiary/aromatic N) is 1. The summed E-state index contributed by atoms with van der Waals surface area (Å²) in [7, 11) is 1.18. The van der Waals surface area contributed by atoms with E-state index in [2.05, 4.69) is 0 Å². The summed E-state index contributed by atoms with van der Waals surface area (Å²) in [5, 5.41) is 11.0. The number of carbonyl (C=O) groups is 1. The first kappa shape index (κ1) is 25.9. The topological polar surface area (TPSA) is 72.1 Å². The predicted octanol–water partition coefficient (Wildman–Crippen LogP) is 6.10. The van der Waals surface area contributed by atoms with Crippen molar-refractivity contribution in [1.82, 2.24) is 4.90 Å². The van der Waals surface area contributed by atoms with Gasteiger partial charge in [0.05, 0.1) is 18.2 Å². The van der Waals surface area contributed by atoms with Crippen molar-refractivity contribution in [2.45, 2.75) is 58.4 Å². The van der Waals surface area contributed by atoms with Crippen molar-refractivity contribution in [3.8, 4) is 17.1 Å². The van der Waals surface area contributed by atoms with Crippen LogP contribution >= 0.6 is 0 Å². The number of methoxy groups -OCH3 is 1. The van der Waals surface area contributed by atoms with E-state index in [1.165, 1.54) is 12.0 Å². The Morgan fingerprint density at radius 1 is 1.24 bits per heavy atom. The second kappa shape index (κ2) is 9.48. The second-order valence-corrected chi connectivity index (χ2v) is 9.46. The van der Waals surface area contributed by atoms with Crippen LogP contribution in [0.4, 0.5) is 22.4 Å². The van der Waals surface area contributed by atoms with E-state index in [4.69, 9.17) is 13.9 Å². The Labute approximate surface area is 195 Å². The van der Waals surface area contributed by atoms with Crippen molar-refractivity contribution in [3.63, 3.8) is 0 Å². The number of carbonyl (C=O) groups excluding carboxylic acids is 1. The number of furan rings is 1. The Hall–Kier alpha value is -2.75. The van der Waals surface area contributed by atoms with Crippen LogP contribution in [0.5, 0.6) is 5.75 Å². The molecule has 0 spiro atoms. The molecule has 1 aliphatic rings. The average molecular weight is 487 g/mol. The molecule has 1 aliphatic heterocycles. The van der Waals surface area contributed by atoms with Crippen molar-refractivity contribution in [1.29, 1.82) is 0 Å². The lowest BCUT2D eigenvalue weighted by atomic mass is 9.91. The number of rotatable bonds is 4. The quantitative estimate of drug-likeness (QED) is 0.528. The van der Waals surface area contributed by atoms with Crippen LogP contribution in [-0.4, -0.2) is 41.9 Å². The van der Waals surface area contributed by atoms with Gasteiger partial charge in [0, 0.05) is 19.0 Å². The van der Waals surface area contributed by atoms with E-state index in [1.54, 1.807) is 33.8 Å². The minimum absolute atomic E-state index is 0.00276. The van der Waals surface area contributed by atoms with Crippen LogP contribution in [0, 0.1) is 18.7 Å². The minimum Gasteiger partial charge on any atom is -0.496 e. The lowest BCUT2D eigenvalue weighted by molar-refractivity contribution is -0.140. The fraction of sp³-hybridized carbons (Fsp3) is 0.542. The molecule has 1 aromatic carbocycles. The molecule has 2 atom stereocenters. The molecule has 1 fully saturated rings. The standard InChI is InChI=1S/C24H29F4NO5/c1-13-9-19(20(30)14-7-6-8-29(12-14)22(31)34-23(2,3)4)33-21(13)15-10-17(25)16(24(26,27)28)11-18(15)32-5/h9-11,14,20,30H,6-8,12H2,1-5H3/t14-,20?/m1/s1. The highest BCUT2D eigenvalue weighted by molar-refractivity contribution is 5.70. The zero-order chi connectivity index (χ0) is 25.4. The van der Waals surface area contributed by atoms with Crippen molar-refractivity contribution >= 4 is 6.09 Å². The predicted molar refractivity (Wildman–Crippen MR) is 116 cm³/mol. The number of halogens is 4. The highest BCUT2D eigenvalue weighted by atomic mass is 19.4. The average Bonchev–Trinajstić information content (AvgIpc) is 3.12. The molecule has 1 aromatic heterocycles. The van der Waals surface area contributed by atoms with Crippen LogP contribution in [0.2, 0.25) is 0 Å². The molecule has 0 aliphatic carbocycles. The highest BCUT2D eigenvalue weighted by Gasteiger charge is 2.37. The summed E-state index contributed by atoms with van der Waals surface area (Å²) < 4.78 is 69.8. The SMILES string of the molecule is COc1cc(C(F)(F)F)c(F)cc1-c1oc(C(O)[C@@H]2CCCN(C(=O)OC(C)(C)C)C2)cc1C. The summed E-state index contributed by atoms with van der Waals surface area (Å²) in [4.78, 5) is 14.0. The number of amides is 1. The smallest absolute Gasteiger partial charge is 0.419 e. The number of aliphatic hydroxyl groups excluding tert-OH is 1. The number of likely N-dealkylation sites (tertiary alicyclic amines) is 1. The van der Waals surface area contributed by atoms with Gasteiger partial charge >= 0.3 is 12.3 Å². The molecule has 1 amide bonds. The van der Waals surface area contributed by atoms with Crippen LogP contribution in [0.3, 0.4) is 0 Å². The molecule has 3 rings (SSSR count). The third kappa shape index (κ3) is 5.65. The van der Waals surface area contributed by atoms with Crippen LogP contribution < -0.4 is 4.74 Å². The molecule has 2 aromatic rings. The number of aliphatic hydroxyl groups is 1. The molecule has 188 valence electrons. The first-order valence-electron chi connectivity index (χ1n) is 10.9. The third-order valence-corrected chi connectivity index (χ3v) is 5.62. The van der Waals surface area contributed by atoms with Crippen molar-refractivity contribution in [2.24, 2.45) is 5.92 Å². The number of ether oxygens (including phenoxy) is 2. The summed E-state index contributed by atoms with van der Waals surface area (Å²) in [6.45, 7) is 7.70. The molecule has 2 heterocycles. The molecule has 34 heavy (non-hydrogen) atoms. The molecule has 0 saturated carbocycles. The molecule has 6 nitrogen and oxygen atoms in total. The van der Waals surface area contributed by atoms with Crippen LogP contribution in [-0.2, 0) is 10.9 Å². The van der Waals surface area contributed by atoms with Crippen molar-refractivity contribution in [3.05, 3.63) is 40.9 Å². The summed E-state index contributed by atoms with van der Waals surface area (Å²) in [5.74, 6) is -1.74. The van der Waals surface area contributed by atoms with Gasteiger partial charge in [0.2, 0.25) is 0 Å². The Bertz CT molecular complexity index is 1040. The first-order chi connectivity index (χ1) is 15.7. The maximum atomic E-state index is 14.3. The molecule has 1 N–H and O–H groups in total. The number of piperidine rings is 1. The zero-order valence-electron chi connectivity index (χ0n) is 19.8. The zero-order valence-corrected chi connectivity index (χ0v) is 19.8. The van der Waals surface area contributed by atoms with Gasteiger partial charge in [0.15, 0.2) is 0 Å². The van der Waals surface area contributed by atoms with Gasteiger partial charge in [-0.15, -0.1) is 0 Å². The Morgan fingerprint density at radius 2 is 1.91 bits per heavy atom. The summed E-state index contributed by atoms with van der Waals surface area (Å²) in [6, 6.07) is 2.86. The van der Waals surface area contributed by atoms with E-state index in [0.29, 0.717) is 37.1 Å². The van der Waals surface area contributed by atoms with Gasteiger partial charge in [-0.25, -0.2) is 9.18 Å². The number of hydrogen-bond donors (Lipinski definition) is 1. The summed E-state index contributed by atoms with van der Waals surface area (Å²) in [6.07, 6.45) is -5.14. The molecule has 0 bridgehead atoms. The van der Waals surface area contributed by atoms with Crippen molar-refractivity contribution in [2.75, 3.05) is 20.2 Å². The lowest BCUT2D eigenvalue weighted by Crippen LogP contribution is -2.44. The fourth-order valence-electron chi connectivity index (χ4n) is 4.03. The van der Waals surface area contributed by atoms with Gasteiger partial charge in [0.25, 0.3) is 0 Å². The van der Waals surface area contributed by atoms with Gasteiger partial charge in [-0.3, -0.25) is 0 Å². The Kier molecular flexibility index (Phi) is 7.21. The fourth-order valence-corrected chi connectivity index (χ4v) is 4.03. The van der Waals surface area contributed by atoms with Crippen LogP contribution in [0.15, 0.2) is 22.6 Å². The Balaban J connectivity index is 1.86. The molecular weight excluding hydrogens is 458 g/mol. The number of benzene rings is 1. The molecule has 1 saturated heterocycles. The molecule has 0 radical (unpaired) electrons. The van der Waals surface area contributed by atoms with Gasteiger partial charge in [-0.05, 0) is 64.3 Å². The van der Waals surface area contributed by atoms with E-state index in [9.17, 15) is 27.5 Å². The maximum Gasteiger partial charge on any atom is 0.419 e. The van der Waals surface area contributed by atoms with Gasteiger partial charge in [-0.2, -0.15) is 13.2 Å². The molecule has 10 heteroatoms. The van der Waals surface area contributed by atoms with Crippen LogP contribution in [0.25, 0.3) is 11.3 Å². The minimum atomic E-state index is -4.88. The summed E-state index contributed by atoms with van der Waals surface area (Å²) in [5.41, 5.74) is -1.60. The van der Waals surface area contributed by atoms with Gasteiger partial charge < -0.3 is 23.9 Å².